The summed E-state index contributed by atoms with van der Waals surface area (Å²) in [7, 11) is 0. The van der Waals surface area contributed by atoms with Gasteiger partial charge in [-0.2, -0.15) is 0 Å². The minimum atomic E-state index is -0.0177. The molecule has 0 amide bonds. The number of rotatable bonds is 1. The first-order valence-electron chi connectivity index (χ1n) is 5.92. The van der Waals surface area contributed by atoms with Gasteiger partial charge in [0.05, 0.1) is 13.2 Å². The second kappa shape index (κ2) is 4.56. The summed E-state index contributed by atoms with van der Waals surface area (Å²) < 4.78 is 11.2. The summed E-state index contributed by atoms with van der Waals surface area (Å²) in [5.74, 6) is 1.49. The van der Waals surface area contributed by atoms with E-state index in [-0.39, 0.29) is 5.43 Å². The smallest absolute Gasteiger partial charge is 0.182 e. The molecule has 0 atom stereocenters. The van der Waals surface area contributed by atoms with Gasteiger partial charge in [-0.25, -0.2) is 0 Å². The zero-order valence-corrected chi connectivity index (χ0v) is 9.81. The van der Waals surface area contributed by atoms with Crippen molar-refractivity contribution in [3.63, 3.8) is 0 Å². The van der Waals surface area contributed by atoms with Crippen LogP contribution in [0.15, 0.2) is 41.3 Å². The van der Waals surface area contributed by atoms with Crippen LogP contribution in [0.4, 0.5) is 0 Å². The predicted molar refractivity (Wildman–Crippen MR) is 68.1 cm³/mol. The molecular weight excluding hydrogens is 230 g/mol. The summed E-state index contributed by atoms with van der Waals surface area (Å²) >= 11 is 0. The number of hydrogen-bond donors (Lipinski definition) is 1. The molecule has 0 radical (unpaired) electrons. The molecule has 1 aliphatic heterocycles. The standard InChI is InChI=1S/C14H13NO3/c16-11-4-5-15-12(9-11)10-2-3-13-14(8-10)18-7-1-6-17-13/h2-5,8-9H,1,6-7H2,(H,15,16). The number of hydrogen-bond acceptors (Lipinski definition) is 3. The van der Waals surface area contributed by atoms with Gasteiger partial charge in [0.15, 0.2) is 16.9 Å². The number of H-pyrrole nitrogens is 1. The van der Waals surface area contributed by atoms with Crippen molar-refractivity contribution < 1.29 is 9.47 Å². The van der Waals surface area contributed by atoms with Crippen LogP contribution >= 0.6 is 0 Å². The fourth-order valence-electron chi connectivity index (χ4n) is 1.94. The molecule has 2 aromatic rings. The maximum atomic E-state index is 11.3. The average molecular weight is 243 g/mol. The molecule has 2 heterocycles. The Morgan fingerprint density at radius 2 is 1.83 bits per heavy atom. The lowest BCUT2D eigenvalue weighted by Gasteiger charge is -2.09. The van der Waals surface area contributed by atoms with E-state index in [9.17, 15) is 4.79 Å². The molecule has 0 unspecified atom stereocenters. The highest BCUT2D eigenvalue weighted by Crippen LogP contribution is 2.33. The molecule has 1 aliphatic rings. The lowest BCUT2D eigenvalue weighted by molar-refractivity contribution is 0.297. The minimum Gasteiger partial charge on any atom is -0.490 e. The molecule has 0 aliphatic carbocycles. The van der Waals surface area contributed by atoms with Gasteiger partial charge in [0.1, 0.15) is 0 Å². The lowest BCUT2D eigenvalue weighted by Crippen LogP contribution is -1.98. The van der Waals surface area contributed by atoms with Crippen molar-refractivity contribution in [2.75, 3.05) is 13.2 Å². The predicted octanol–water partition coefficient (Wildman–Crippen LogP) is 2.20. The van der Waals surface area contributed by atoms with Gasteiger partial charge in [-0.3, -0.25) is 4.79 Å². The Labute approximate surface area is 104 Å². The highest BCUT2D eigenvalue weighted by Gasteiger charge is 2.11. The molecule has 3 rings (SSSR count). The molecule has 0 saturated heterocycles. The Balaban J connectivity index is 2.04. The molecule has 4 heteroatoms. The van der Waals surface area contributed by atoms with Gasteiger partial charge in [-0.05, 0) is 18.2 Å². The van der Waals surface area contributed by atoms with Crippen LogP contribution in [0, 0.1) is 0 Å². The molecule has 4 nitrogen and oxygen atoms in total. The van der Waals surface area contributed by atoms with Gasteiger partial charge in [0.25, 0.3) is 0 Å². The van der Waals surface area contributed by atoms with E-state index in [1.54, 1.807) is 12.3 Å². The molecule has 18 heavy (non-hydrogen) atoms. The van der Waals surface area contributed by atoms with Crippen LogP contribution in [0.25, 0.3) is 11.3 Å². The van der Waals surface area contributed by atoms with Crippen LogP contribution in [0.3, 0.4) is 0 Å². The Morgan fingerprint density at radius 1 is 1.00 bits per heavy atom. The van der Waals surface area contributed by atoms with Crippen molar-refractivity contribution >= 4 is 0 Å². The Kier molecular flexibility index (Phi) is 2.76. The van der Waals surface area contributed by atoms with Crippen LogP contribution in [0.5, 0.6) is 11.5 Å². The number of nitrogens with one attached hydrogen (secondary N) is 1. The normalized spacial score (nSPS) is 14.0. The van der Waals surface area contributed by atoms with Gasteiger partial charge in [-0.1, -0.05) is 0 Å². The van der Waals surface area contributed by atoms with E-state index in [2.05, 4.69) is 4.98 Å². The molecule has 0 spiro atoms. The SMILES string of the molecule is O=c1cc[nH]c(-c2ccc3c(c2)OCCCO3)c1. The van der Waals surface area contributed by atoms with Crippen molar-refractivity contribution in [1.29, 1.82) is 0 Å². The first kappa shape index (κ1) is 10.9. The zero-order chi connectivity index (χ0) is 12.4. The monoisotopic (exact) mass is 243 g/mol. The van der Waals surface area contributed by atoms with Crippen molar-refractivity contribution in [2.24, 2.45) is 0 Å². The minimum absolute atomic E-state index is 0.0177. The Bertz CT molecular complexity index is 618. The van der Waals surface area contributed by atoms with Crippen molar-refractivity contribution in [3.05, 3.63) is 46.8 Å². The first-order valence-corrected chi connectivity index (χ1v) is 5.92. The zero-order valence-electron chi connectivity index (χ0n) is 9.81. The van der Waals surface area contributed by atoms with E-state index in [0.717, 1.165) is 29.2 Å². The molecule has 0 saturated carbocycles. The molecule has 92 valence electrons. The number of benzene rings is 1. The first-order chi connectivity index (χ1) is 8.83. The number of aromatic amines is 1. The van der Waals surface area contributed by atoms with Gasteiger partial charge < -0.3 is 14.5 Å². The summed E-state index contributed by atoms with van der Waals surface area (Å²) in [6.45, 7) is 1.33. The fourth-order valence-corrected chi connectivity index (χ4v) is 1.94. The largest absolute Gasteiger partial charge is 0.490 e. The number of aromatic nitrogens is 1. The van der Waals surface area contributed by atoms with E-state index >= 15 is 0 Å². The number of pyridine rings is 1. The average Bonchev–Trinajstić information content (AvgIpc) is 2.63. The van der Waals surface area contributed by atoms with Gasteiger partial charge >= 0.3 is 0 Å². The van der Waals surface area contributed by atoms with Crippen LogP contribution in [-0.2, 0) is 0 Å². The quantitative estimate of drug-likeness (QED) is 0.835. The van der Waals surface area contributed by atoms with Gasteiger partial charge in [0, 0.05) is 36.0 Å². The summed E-state index contributed by atoms with van der Waals surface area (Å²) in [6, 6.07) is 8.75. The number of ether oxygens (including phenoxy) is 2. The van der Waals surface area contributed by atoms with Crippen molar-refractivity contribution in [1.82, 2.24) is 4.98 Å². The van der Waals surface area contributed by atoms with E-state index in [4.69, 9.17) is 9.47 Å². The van der Waals surface area contributed by atoms with E-state index in [1.165, 1.54) is 6.07 Å². The summed E-state index contributed by atoms with van der Waals surface area (Å²) in [4.78, 5) is 14.4. The molecule has 1 aromatic carbocycles. The van der Waals surface area contributed by atoms with Crippen molar-refractivity contribution in [2.45, 2.75) is 6.42 Å². The van der Waals surface area contributed by atoms with Crippen molar-refractivity contribution in [3.8, 4) is 22.8 Å². The molecular formula is C14H13NO3. The van der Waals surface area contributed by atoms with Crippen LogP contribution < -0.4 is 14.9 Å². The Hall–Kier alpha value is -2.23. The molecule has 0 fully saturated rings. The summed E-state index contributed by atoms with van der Waals surface area (Å²) in [5.41, 5.74) is 1.67. The molecule has 1 N–H and O–H groups in total. The van der Waals surface area contributed by atoms with Gasteiger partial charge in [-0.15, -0.1) is 0 Å². The van der Waals surface area contributed by atoms with Crippen LogP contribution in [-0.4, -0.2) is 18.2 Å². The van der Waals surface area contributed by atoms with Crippen LogP contribution in [0.2, 0.25) is 0 Å². The third-order valence-corrected chi connectivity index (χ3v) is 2.83. The second-order valence-electron chi connectivity index (χ2n) is 4.15. The van der Waals surface area contributed by atoms with E-state index in [0.29, 0.717) is 13.2 Å². The summed E-state index contributed by atoms with van der Waals surface area (Å²) in [6.07, 6.45) is 2.52. The highest BCUT2D eigenvalue weighted by atomic mass is 16.5. The third-order valence-electron chi connectivity index (χ3n) is 2.83. The highest BCUT2D eigenvalue weighted by molar-refractivity contribution is 5.63. The maximum absolute atomic E-state index is 11.3. The third kappa shape index (κ3) is 2.09. The van der Waals surface area contributed by atoms with Gasteiger partial charge in [0.2, 0.25) is 0 Å². The second-order valence-corrected chi connectivity index (χ2v) is 4.15. The van der Waals surface area contributed by atoms with E-state index in [1.807, 2.05) is 18.2 Å². The Morgan fingerprint density at radius 3 is 2.67 bits per heavy atom. The van der Waals surface area contributed by atoms with E-state index < -0.39 is 0 Å². The molecule has 1 aromatic heterocycles. The topological polar surface area (TPSA) is 51.3 Å². The molecule has 0 bridgehead atoms. The fraction of sp³-hybridized carbons (Fsp3) is 0.214. The maximum Gasteiger partial charge on any atom is 0.182 e. The number of fused-ring (bicyclic) bond motifs is 1. The summed E-state index contributed by atoms with van der Waals surface area (Å²) in [5, 5.41) is 0. The van der Waals surface area contributed by atoms with Crippen LogP contribution in [0.1, 0.15) is 6.42 Å². The lowest BCUT2D eigenvalue weighted by atomic mass is 10.1.